The van der Waals surface area contributed by atoms with Crippen LogP contribution in [0.15, 0.2) is 24.3 Å². The summed E-state index contributed by atoms with van der Waals surface area (Å²) in [7, 11) is 2.02. The third kappa shape index (κ3) is 2.00. The lowest BCUT2D eigenvalue weighted by Gasteiger charge is -2.14. The van der Waals surface area contributed by atoms with Gasteiger partial charge in [0.1, 0.15) is 0 Å². The van der Waals surface area contributed by atoms with Gasteiger partial charge in [0.15, 0.2) is 0 Å². The van der Waals surface area contributed by atoms with Crippen molar-refractivity contribution in [2.75, 3.05) is 31.6 Å². The van der Waals surface area contributed by atoms with E-state index in [9.17, 15) is 0 Å². The number of benzene rings is 1. The molecule has 0 radical (unpaired) electrons. The molecule has 1 saturated heterocycles. The van der Waals surface area contributed by atoms with Gasteiger partial charge in [-0.15, -0.1) is 0 Å². The molecule has 0 saturated carbocycles. The number of hydrogen-bond donors (Lipinski definition) is 2. The lowest BCUT2D eigenvalue weighted by atomic mass is 10.1. The number of nitrogens with one attached hydrogen (secondary N) is 2. The fraction of sp³-hybridized carbons (Fsp3) is 0.462. The number of fused-ring (bicyclic) bond motifs is 1. The van der Waals surface area contributed by atoms with Crippen LogP contribution in [0.4, 0.5) is 5.95 Å². The summed E-state index contributed by atoms with van der Waals surface area (Å²) in [5.74, 6) is 1.76. The maximum Gasteiger partial charge on any atom is 0.203 e. The summed E-state index contributed by atoms with van der Waals surface area (Å²) < 4.78 is 0. The Kier molecular flexibility index (Phi) is 2.73. The summed E-state index contributed by atoms with van der Waals surface area (Å²) in [4.78, 5) is 10.4. The number of anilines is 1. The monoisotopic (exact) mass is 230 g/mol. The fourth-order valence-corrected chi connectivity index (χ4v) is 2.57. The second-order valence-corrected chi connectivity index (χ2v) is 4.74. The number of para-hydroxylation sites is 2. The van der Waals surface area contributed by atoms with Gasteiger partial charge in [0.25, 0.3) is 0 Å². The van der Waals surface area contributed by atoms with Crippen LogP contribution in [0.5, 0.6) is 0 Å². The molecule has 1 atom stereocenters. The van der Waals surface area contributed by atoms with Crippen molar-refractivity contribution in [3.8, 4) is 0 Å². The zero-order valence-corrected chi connectivity index (χ0v) is 10.1. The first kappa shape index (κ1) is 10.6. The summed E-state index contributed by atoms with van der Waals surface area (Å²) in [6, 6.07) is 8.20. The number of nitrogens with zero attached hydrogens (tertiary/aromatic N) is 2. The van der Waals surface area contributed by atoms with Crippen LogP contribution in [-0.4, -0.2) is 36.6 Å². The van der Waals surface area contributed by atoms with Crippen LogP contribution in [0.1, 0.15) is 6.42 Å². The second-order valence-electron chi connectivity index (χ2n) is 4.74. The van der Waals surface area contributed by atoms with Gasteiger partial charge in [0.05, 0.1) is 11.0 Å². The minimum Gasteiger partial charge on any atom is -0.342 e. The molecule has 1 aliphatic heterocycles. The van der Waals surface area contributed by atoms with Gasteiger partial charge >= 0.3 is 0 Å². The standard InChI is InChI=1S/C13H18N4/c1-14-8-10-6-7-17(9-10)13-15-11-4-2-3-5-12(11)16-13/h2-5,10,14H,6-9H2,1H3,(H,15,16). The molecule has 4 nitrogen and oxygen atoms in total. The second kappa shape index (κ2) is 4.37. The van der Waals surface area contributed by atoms with Gasteiger partial charge in [-0.05, 0) is 38.1 Å². The molecule has 2 heterocycles. The van der Waals surface area contributed by atoms with Crippen molar-refractivity contribution in [3.63, 3.8) is 0 Å². The van der Waals surface area contributed by atoms with Crippen molar-refractivity contribution in [1.29, 1.82) is 0 Å². The van der Waals surface area contributed by atoms with Crippen LogP contribution in [0, 0.1) is 5.92 Å². The molecule has 1 aromatic heterocycles. The number of imidazole rings is 1. The molecule has 0 aliphatic carbocycles. The molecule has 3 rings (SSSR count). The van der Waals surface area contributed by atoms with Crippen molar-refractivity contribution >= 4 is 17.0 Å². The van der Waals surface area contributed by atoms with Gasteiger partial charge in [-0.3, -0.25) is 0 Å². The van der Waals surface area contributed by atoms with E-state index >= 15 is 0 Å². The highest BCUT2D eigenvalue weighted by Gasteiger charge is 2.23. The predicted molar refractivity (Wildman–Crippen MR) is 70.3 cm³/mol. The molecule has 1 unspecified atom stereocenters. The maximum atomic E-state index is 4.64. The Balaban J connectivity index is 1.80. The van der Waals surface area contributed by atoms with Gasteiger partial charge in [0.2, 0.25) is 5.95 Å². The van der Waals surface area contributed by atoms with E-state index in [2.05, 4.69) is 32.3 Å². The third-order valence-corrected chi connectivity index (χ3v) is 3.46. The van der Waals surface area contributed by atoms with Crippen LogP contribution >= 0.6 is 0 Å². The summed E-state index contributed by atoms with van der Waals surface area (Å²) in [5.41, 5.74) is 2.18. The Hall–Kier alpha value is -1.55. The van der Waals surface area contributed by atoms with E-state index in [1.807, 2.05) is 19.2 Å². The van der Waals surface area contributed by atoms with E-state index in [1.165, 1.54) is 6.42 Å². The lowest BCUT2D eigenvalue weighted by molar-refractivity contribution is 0.548. The van der Waals surface area contributed by atoms with Crippen LogP contribution < -0.4 is 10.2 Å². The highest BCUT2D eigenvalue weighted by atomic mass is 15.3. The van der Waals surface area contributed by atoms with E-state index in [1.54, 1.807) is 0 Å². The van der Waals surface area contributed by atoms with Gasteiger partial charge in [-0.1, -0.05) is 12.1 Å². The van der Waals surface area contributed by atoms with Gasteiger partial charge in [-0.2, -0.15) is 0 Å². The van der Waals surface area contributed by atoms with Crippen molar-refractivity contribution in [2.24, 2.45) is 5.92 Å². The van der Waals surface area contributed by atoms with E-state index in [4.69, 9.17) is 0 Å². The summed E-state index contributed by atoms with van der Waals surface area (Å²) in [5, 5.41) is 3.25. The average Bonchev–Trinajstić information content (AvgIpc) is 2.94. The van der Waals surface area contributed by atoms with Crippen LogP contribution in [0.2, 0.25) is 0 Å². The maximum absolute atomic E-state index is 4.64. The van der Waals surface area contributed by atoms with E-state index in [0.717, 1.165) is 42.5 Å². The number of hydrogen-bond acceptors (Lipinski definition) is 3. The molecule has 0 amide bonds. The van der Waals surface area contributed by atoms with Crippen molar-refractivity contribution in [2.45, 2.75) is 6.42 Å². The topological polar surface area (TPSA) is 44.0 Å². The average molecular weight is 230 g/mol. The van der Waals surface area contributed by atoms with Crippen LogP contribution in [0.25, 0.3) is 11.0 Å². The minimum absolute atomic E-state index is 0.744. The van der Waals surface area contributed by atoms with E-state index in [0.29, 0.717) is 0 Å². The number of aromatic nitrogens is 2. The van der Waals surface area contributed by atoms with Gasteiger partial charge in [-0.25, -0.2) is 4.98 Å². The SMILES string of the molecule is CNCC1CCN(c2nc3ccccc3[nH]2)C1. The van der Waals surface area contributed by atoms with Gasteiger partial charge in [0, 0.05) is 13.1 Å². The van der Waals surface area contributed by atoms with Crippen molar-refractivity contribution < 1.29 is 0 Å². The molecule has 4 heteroatoms. The number of aromatic amines is 1. The fourth-order valence-electron chi connectivity index (χ4n) is 2.57. The zero-order valence-electron chi connectivity index (χ0n) is 10.1. The lowest BCUT2D eigenvalue weighted by Crippen LogP contribution is -2.24. The number of rotatable bonds is 3. The van der Waals surface area contributed by atoms with E-state index < -0.39 is 0 Å². The molecule has 2 N–H and O–H groups in total. The minimum atomic E-state index is 0.744. The molecule has 17 heavy (non-hydrogen) atoms. The summed E-state index contributed by atoms with van der Waals surface area (Å²) in [6.45, 7) is 3.30. The first-order chi connectivity index (χ1) is 8.36. The Morgan fingerprint density at radius 1 is 1.47 bits per heavy atom. The molecule has 1 aromatic carbocycles. The molecular formula is C13H18N4. The van der Waals surface area contributed by atoms with E-state index in [-0.39, 0.29) is 0 Å². The molecule has 0 bridgehead atoms. The first-order valence-electron chi connectivity index (χ1n) is 6.21. The largest absolute Gasteiger partial charge is 0.342 e. The third-order valence-electron chi connectivity index (χ3n) is 3.46. The smallest absolute Gasteiger partial charge is 0.203 e. The highest BCUT2D eigenvalue weighted by molar-refractivity contribution is 5.77. The summed E-state index contributed by atoms with van der Waals surface area (Å²) >= 11 is 0. The van der Waals surface area contributed by atoms with Crippen molar-refractivity contribution in [1.82, 2.24) is 15.3 Å². The molecule has 1 aliphatic rings. The zero-order chi connectivity index (χ0) is 11.7. The summed E-state index contributed by atoms with van der Waals surface area (Å²) in [6.07, 6.45) is 1.25. The molecule has 90 valence electrons. The highest BCUT2D eigenvalue weighted by Crippen LogP contribution is 2.23. The Labute approximate surface area is 101 Å². The van der Waals surface area contributed by atoms with Crippen LogP contribution in [0.3, 0.4) is 0 Å². The first-order valence-corrected chi connectivity index (χ1v) is 6.21. The van der Waals surface area contributed by atoms with Gasteiger partial charge < -0.3 is 15.2 Å². The molecule has 2 aromatic rings. The van der Waals surface area contributed by atoms with Crippen LogP contribution in [-0.2, 0) is 0 Å². The molecule has 0 spiro atoms. The normalized spacial score (nSPS) is 20.3. The predicted octanol–water partition coefficient (Wildman–Crippen LogP) is 1.61. The number of H-pyrrole nitrogens is 1. The Morgan fingerprint density at radius 2 is 2.35 bits per heavy atom. The Bertz CT molecular complexity index is 472. The molecular weight excluding hydrogens is 212 g/mol. The molecule has 1 fully saturated rings. The quantitative estimate of drug-likeness (QED) is 0.842. The van der Waals surface area contributed by atoms with Crippen molar-refractivity contribution in [3.05, 3.63) is 24.3 Å². The Morgan fingerprint density at radius 3 is 3.18 bits per heavy atom.